The van der Waals surface area contributed by atoms with E-state index in [0.717, 1.165) is 19.3 Å². The molecule has 2 heterocycles. The van der Waals surface area contributed by atoms with Gasteiger partial charge in [0.15, 0.2) is 5.69 Å². The fourth-order valence-corrected chi connectivity index (χ4v) is 5.53. The van der Waals surface area contributed by atoms with Gasteiger partial charge in [-0.25, -0.2) is 13.1 Å². The van der Waals surface area contributed by atoms with Gasteiger partial charge >= 0.3 is 0 Å². The highest BCUT2D eigenvalue weighted by molar-refractivity contribution is 7.89. The van der Waals surface area contributed by atoms with Crippen molar-refractivity contribution >= 4 is 33.2 Å². The number of sulfonamides is 1. The second kappa shape index (κ2) is 9.46. The molecule has 8 nitrogen and oxygen atoms in total. The Balaban J connectivity index is 1.63. The summed E-state index contributed by atoms with van der Waals surface area (Å²) in [5, 5.41) is 7.24. The highest BCUT2D eigenvalue weighted by Gasteiger charge is 2.26. The van der Waals surface area contributed by atoms with Gasteiger partial charge in [-0.2, -0.15) is 9.40 Å². The molecule has 0 unspecified atom stereocenters. The lowest BCUT2D eigenvalue weighted by Crippen LogP contribution is -2.35. The molecular weight excluding hydrogens is 464 g/mol. The van der Waals surface area contributed by atoms with E-state index in [9.17, 15) is 18.0 Å². The number of nitrogens with zero attached hydrogens (tertiary/aromatic N) is 3. The van der Waals surface area contributed by atoms with Crippen molar-refractivity contribution < 1.29 is 13.2 Å². The molecule has 1 amide bonds. The van der Waals surface area contributed by atoms with E-state index < -0.39 is 21.4 Å². The summed E-state index contributed by atoms with van der Waals surface area (Å²) in [6.07, 6.45) is 2.66. The lowest BCUT2D eigenvalue weighted by Gasteiger charge is -2.26. The molecule has 10 heteroatoms. The van der Waals surface area contributed by atoms with Gasteiger partial charge in [0.25, 0.3) is 5.91 Å². The van der Waals surface area contributed by atoms with Crippen molar-refractivity contribution in [3.63, 3.8) is 0 Å². The molecule has 0 spiro atoms. The summed E-state index contributed by atoms with van der Waals surface area (Å²) >= 11 is 6.26. The van der Waals surface area contributed by atoms with Gasteiger partial charge < -0.3 is 5.32 Å². The van der Waals surface area contributed by atoms with E-state index in [1.165, 1.54) is 27.2 Å². The lowest BCUT2D eigenvalue weighted by molar-refractivity contribution is 0.101. The van der Waals surface area contributed by atoms with Crippen molar-refractivity contribution in [2.45, 2.75) is 31.1 Å². The maximum atomic E-state index is 13.0. The third-order valence-corrected chi connectivity index (χ3v) is 7.66. The third-order valence-electron chi connectivity index (χ3n) is 5.45. The van der Waals surface area contributed by atoms with Crippen LogP contribution in [0.3, 0.4) is 0 Å². The number of hydrogen-bond donors (Lipinski definition) is 1. The molecule has 1 aliphatic rings. The largest absolute Gasteiger partial charge is 0.320 e. The predicted octanol–water partition coefficient (Wildman–Crippen LogP) is 3.62. The maximum Gasteiger partial charge on any atom is 0.280 e. The van der Waals surface area contributed by atoms with E-state index in [1.807, 2.05) is 0 Å². The van der Waals surface area contributed by atoms with E-state index in [1.54, 1.807) is 43.3 Å². The molecule has 172 valence electrons. The summed E-state index contributed by atoms with van der Waals surface area (Å²) in [6, 6.07) is 14.3. The molecule has 1 aromatic heterocycles. The number of nitrogens with one attached hydrogen (secondary N) is 1. The Hall–Kier alpha value is -3.01. The molecule has 0 aliphatic carbocycles. The zero-order valence-electron chi connectivity index (χ0n) is 18.0. The van der Waals surface area contributed by atoms with E-state index in [2.05, 4.69) is 10.4 Å². The van der Waals surface area contributed by atoms with E-state index in [0.29, 0.717) is 29.5 Å². The first kappa shape index (κ1) is 23.2. The van der Waals surface area contributed by atoms with Crippen LogP contribution in [0, 0.1) is 6.92 Å². The molecule has 3 aromatic rings. The Morgan fingerprint density at radius 1 is 1.03 bits per heavy atom. The number of piperidine rings is 1. The summed E-state index contributed by atoms with van der Waals surface area (Å²) in [5.41, 5.74) is 0.416. The van der Waals surface area contributed by atoms with Crippen molar-refractivity contribution in [2.24, 2.45) is 0 Å². The van der Waals surface area contributed by atoms with Gasteiger partial charge in [0, 0.05) is 30.5 Å². The number of hydrogen-bond acceptors (Lipinski definition) is 5. The van der Waals surface area contributed by atoms with Gasteiger partial charge in [-0.3, -0.25) is 9.59 Å². The van der Waals surface area contributed by atoms with Crippen LogP contribution in [0.2, 0.25) is 5.02 Å². The van der Waals surface area contributed by atoms with Crippen molar-refractivity contribution in [1.82, 2.24) is 14.1 Å². The van der Waals surface area contributed by atoms with Crippen LogP contribution in [0.4, 0.5) is 5.69 Å². The number of aromatic nitrogens is 2. The summed E-state index contributed by atoms with van der Waals surface area (Å²) in [4.78, 5) is 25.5. The smallest absolute Gasteiger partial charge is 0.280 e. The van der Waals surface area contributed by atoms with Crippen molar-refractivity contribution in [3.05, 3.63) is 81.2 Å². The third kappa shape index (κ3) is 4.85. The zero-order chi connectivity index (χ0) is 23.6. The van der Waals surface area contributed by atoms with Crippen LogP contribution in [0.15, 0.2) is 64.3 Å². The number of amides is 1. The van der Waals surface area contributed by atoms with Crippen LogP contribution in [0.5, 0.6) is 0 Å². The highest BCUT2D eigenvalue weighted by Crippen LogP contribution is 2.23. The summed E-state index contributed by atoms with van der Waals surface area (Å²) < 4.78 is 28.8. The number of rotatable bonds is 5. The Labute approximate surface area is 196 Å². The minimum atomic E-state index is -3.66. The molecule has 1 N–H and O–H groups in total. The van der Waals surface area contributed by atoms with Gasteiger partial charge in [0.05, 0.1) is 15.6 Å². The number of para-hydroxylation sites is 1. The highest BCUT2D eigenvalue weighted by atomic mass is 35.5. The Bertz CT molecular complexity index is 1360. The van der Waals surface area contributed by atoms with Gasteiger partial charge in [0.1, 0.15) is 0 Å². The molecule has 0 saturated carbocycles. The average molecular weight is 487 g/mol. The predicted molar refractivity (Wildman–Crippen MR) is 127 cm³/mol. The number of halogens is 1. The van der Waals surface area contributed by atoms with Crippen LogP contribution in [0.25, 0.3) is 5.69 Å². The molecule has 4 rings (SSSR count). The number of carbonyl (C=O) groups excluding carboxylic acids is 1. The first-order valence-corrected chi connectivity index (χ1v) is 12.4. The SMILES string of the molecule is Cc1cc(=O)c(C(=O)Nc2cccc(S(=O)(=O)N3CCCCC3)c2)nn1-c1ccccc1Cl. The standard InChI is InChI=1S/C23H23ClN4O4S/c1-16-14-21(29)22(26-28(16)20-11-4-3-10-19(20)24)23(30)25-17-8-7-9-18(15-17)33(31,32)27-12-5-2-6-13-27/h3-4,7-11,14-15H,2,5-6,12-13H2,1H3,(H,25,30). The van der Waals surface area contributed by atoms with Crippen molar-refractivity contribution in [3.8, 4) is 5.69 Å². The van der Waals surface area contributed by atoms with Crippen LogP contribution in [0.1, 0.15) is 35.4 Å². The fourth-order valence-electron chi connectivity index (χ4n) is 3.75. The number of carbonyl (C=O) groups is 1. The quantitative estimate of drug-likeness (QED) is 0.593. The monoisotopic (exact) mass is 486 g/mol. The Kier molecular flexibility index (Phi) is 6.64. The van der Waals surface area contributed by atoms with Crippen molar-refractivity contribution in [2.75, 3.05) is 18.4 Å². The topological polar surface area (TPSA) is 101 Å². The number of benzene rings is 2. The molecule has 1 aliphatic heterocycles. The minimum absolute atomic E-state index is 0.0903. The van der Waals surface area contributed by atoms with E-state index >= 15 is 0 Å². The number of aryl methyl sites for hydroxylation is 1. The Morgan fingerprint density at radius 3 is 2.48 bits per heavy atom. The van der Waals surface area contributed by atoms with Gasteiger partial charge in [0.2, 0.25) is 15.5 Å². The van der Waals surface area contributed by atoms with Crippen molar-refractivity contribution in [1.29, 1.82) is 0 Å². The molecule has 1 fully saturated rings. The van der Waals surface area contributed by atoms with Crippen LogP contribution >= 0.6 is 11.6 Å². The molecule has 1 saturated heterocycles. The second-order valence-corrected chi connectivity index (χ2v) is 10.2. The normalized spacial score (nSPS) is 14.7. The van der Waals surface area contributed by atoms with Crippen LogP contribution in [-0.2, 0) is 10.0 Å². The molecule has 33 heavy (non-hydrogen) atoms. The molecular formula is C23H23ClN4O4S. The minimum Gasteiger partial charge on any atom is -0.320 e. The summed E-state index contributed by atoms with van der Waals surface area (Å²) in [7, 11) is -3.66. The van der Waals surface area contributed by atoms with E-state index in [-0.39, 0.29) is 16.3 Å². The van der Waals surface area contributed by atoms with Crippen LogP contribution in [-0.4, -0.2) is 41.5 Å². The number of anilines is 1. The zero-order valence-corrected chi connectivity index (χ0v) is 19.6. The Morgan fingerprint density at radius 2 is 1.76 bits per heavy atom. The first-order chi connectivity index (χ1) is 15.8. The molecule has 0 radical (unpaired) electrons. The maximum absolute atomic E-state index is 13.0. The van der Waals surface area contributed by atoms with Crippen LogP contribution < -0.4 is 10.7 Å². The lowest BCUT2D eigenvalue weighted by atomic mass is 10.2. The molecule has 2 aromatic carbocycles. The molecule has 0 bridgehead atoms. The van der Waals surface area contributed by atoms with Gasteiger partial charge in [-0.15, -0.1) is 0 Å². The first-order valence-electron chi connectivity index (χ1n) is 10.5. The van der Waals surface area contributed by atoms with E-state index in [4.69, 9.17) is 11.6 Å². The summed E-state index contributed by atoms with van der Waals surface area (Å²) in [5.74, 6) is -0.742. The fraction of sp³-hybridized carbons (Fsp3) is 0.261. The van der Waals surface area contributed by atoms with Gasteiger partial charge in [-0.05, 0) is 50.1 Å². The average Bonchev–Trinajstić information content (AvgIpc) is 2.80. The van der Waals surface area contributed by atoms with Gasteiger partial charge in [-0.1, -0.05) is 36.2 Å². The molecule has 0 atom stereocenters. The summed E-state index contributed by atoms with van der Waals surface area (Å²) in [6.45, 7) is 2.65. The second-order valence-electron chi connectivity index (χ2n) is 7.81.